The summed E-state index contributed by atoms with van der Waals surface area (Å²) in [5.74, 6) is 0.785. The molecule has 2 atom stereocenters. The van der Waals surface area contributed by atoms with Crippen LogP contribution in [0.15, 0.2) is 5.16 Å². The van der Waals surface area contributed by atoms with Gasteiger partial charge in [-0.15, -0.1) is 0 Å². The number of oxime groups is 1. The van der Waals surface area contributed by atoms with Crippen LogP contribution in [0.1, 0.15) is 97.8 Å². The molecule has 3 aliphatic rings. The number of rotatable bonds is 8. The molecule has 2 saturated carbocycles. The van der Waals surface area contributed by atoms with E-state index in [9.17, 15) is 14.4 Å². The van der Waals surface area contributed by atoms with Crippen molar-refractivity contribution in [3.05, 3.63) is 0 Å². The van der Waals surface area contributed by atoms with Gasteiger partial charge in [-0.1, -0.05) is 37.3 Å². The zero-order valence-corrected chi connectivity index (χ0v) is 22.8. The molecule has 3 rings (SSSR count). The van der Waals surface area contributed by atoms with Crippen LogP contribution < -0.4 is 16.4 Å². The Balaban J connectivity index is 1.58. The van der Waals surface area contributed by atoms with Crippen molar-refractivity contribution in [2.75, 3.05) is 13.1 Å². The van der Waals surface area contributed by atoms with Gasteiger partial charge in [0, 0.05) is 19.0 Å². The van der Waals surface area contributed by atoms with Crippen molar-refractivity contribution >= 4 is 23.7 Å². The van der Waals surface area contributed by atoms with Crippen molar-refractivity contribution in [3.8, 4) is 0 Å². The van der Waals surface area contributed by atoms with Crippen LogP contribution in [-0.2, 0) is 14.3 Å². The smallest absolute Gasteiger partial charge is 0.408 e. The lowest BCUT2D eigenvalue weighted by atomic mass is 9.81. The summed E-state index contributed by atoms with van der Waals surface area (Å²) in [6, 6.07) is -1.21. The number of carbonyl (C=O) groups is 3. The molecular weight excluding hydrogens is 474 g/mol. The SMILES string of the molecule is CC(C)(C)OC(=O)N[C@H](CC1CCCCC1)C(=O)N1CCC[C@H]1C(=O)NC[C@H]1CC[C@H](C(N)=NO)CC1. The van der Waals surface area contributed by atoms with E-state index in [4.69, 9.17) is 15.7 Å². The number of hydrogen-bond acceptors (Lipinski definition) is 6. The fourth-order valence-corrected chi connectivity index (χ4v) is 6.04. The Morgan fingerprint density at radius 3 is 2.30 bits per heavy atom. The lowest BCUT2D eigenvalue weighted by molar-refractivity contribution is -0.140. The van der Waals surface area contributed by atoms with Gasteiger partial charge >= 0.3 is 6.09 Å². The lowest BCUT2D eigenvalue weighted by Crippen LogP contribution is -2.54. The van der Waals surface area contributed by atoms with Gasteiger partial charge in [-0.05, 0) is 77.6 Å². The van der Waals surface area contributed by atoms with E-state index in [1.807, 2.05) is 0 Å². The maximum Gasteiger partial charge on any atom is 0.408 e. The van der Waals surface area contributed by atoms with Gasteiger partial charge < -0.3 is 31.2 Å². The van der Waals surface area contributed by atoms with E-state index < -0.39 is 23.8 Å². The number of ether oxygens (including phenoxy) is 1. The molecule has 0 aromatic rings. The zero-order chi connectivity index (χ0) is 27.0. The molecule has 0 unspecified atom stereocenters. The van der Waals surface area contributed by atoms with Gasteiger partial charge in [0.1, 0.15) is 23.5 Å². The van der Waals surface area contributed by atoms with Crippen LogP contribution >= 0.6 is 0 Å². The van der Waals surface area contributed by atoms with E-state index in [2.05, 4.69) is 15.8 Å². The van der Waals surface area contributed by atoms with Crippen molar-refractivity contribution < 1.29 is 24.3 Å². The van der Waals surface area contributed by atoms with Gasteiger partial charge in [0.05, 0.1) is 0 Å². The highest BCUT2D eigenvalue weighted by molar-refractivity contribution is 5.92. The average molecular weight is 522 g/mol. The van der Waals surface area contributed by atoms with Gasteiger partial charge in [0.2, 0.25) is 11.8 Å². The largest absolute Gasteiger partial charge is 0.444 e. The number of nitrogens with one attached hydrogen (secondary N) is 2. The minimum absolute atomic E-state index is 0.0958. The summed E-state index contributed by atoms with van der Waals surface area (Å²) in [7, 11) is 0. The van der Waals surface area contributed by atoms with E-state index >= 15 is 0 Å². The van der Waals surface area contributed by atoms with Crippen LogP contribution in [0.5, 0.6) is 0 Å². The third kappa shape index (κ3) is 8.78. The van der Waals surface area contributed by atoms with E-state index in [1.54, 1.807) is 25.7 Å². The van der Waals surface area contributed by atoms with Crippen molar-refractivity contribution in [2.24, 2.45) is 28.6 Å². The average Bonchev–Trinajstić information content (AvgIpc) is 3.36. The molecule has 1 heterocycles. The molecule has 0 aromatic carbocycles. The molecule has 10 heteroatoms. The Kier molecular flexibility index (Phi) is 10.5. The molecule has 5 N–H and O–H groups in total. The van der Waals surface area contributed by atoms with Gasteiger partial charge in [0.15, 0.2) is 0 Å². The molecule has 10 nitrogen and oxygen atoms in total. The molecule has 0 spiro atoms. The maximum absolute atomic E-state index is 13.7. The standard InChI is InChI=1S/C27H47N5O5/c1-27(2,3)37-26(35)30-21(16-18-8-5-4-6-9-18)25(34)32-15-7-10-22(32)24(33)29-17-19-11-13-20(14-12-19)23(28)31-36/h18-22,36H,4-17H2,1-3H3,(H2,28,31)(H,29,33)(H,30,35)/t19-,20-,21-,22+/m1/s1. The molecule has 1 saturated heterocycles. The van der Waals surface area contributed by atoms with E-state index in [0.29, 0.717) is 37.8 Å². The molecule has 3 amide bonds. The molecular formula is C27H47N5O5. The van der Waals surface area contributed by atoms with Crippen LogP contribution in [0.25, 0.3) is 0 Å². The van der Waals surface area contributed by atoms with Crippen molar-refractivity contribution in [2.45, 2.75) is 116 Å². The maximum atomic E-state index is 13.7. The fourth-order valence-electron chi connectivity index (χ4n) is 6.04. The zero-order valence-electron chi connectivity index (χ0n) is 22.8. The summed E-state index contributed by atoms with van der Waals surface area (Å²) in [5.41, 5.74) is 5.09. The van der Waals surface area contributed by atoms with E-state index in [0.717, 1.165) is 57.8 Å². The first-order chi connectivity index (χ1) is 17.6. The van der Waals surface area contributed by atoms with Gasteiger partial charge in [-0.2, -0.15) is 0 Å². The molecule has 2 aliphatic carbocycles. The Morgan fingerprint density at radius 2 is 1.68 bits per heavy atom. The highest BCUT2D eigenvalue weighted by Gasteiger charge is 2.39. The molecule has 1 aliphatic heterocycles. The summed E-state index contributed by atoms with van der Waals surface area (Å²) < 4.78 is 5.45. The van der Waals surface area contributed by atoms with E-state index in [1.165, 1.54) is 6.42 Å². The van der Waals surface area contributed by atoms with Gasteiger partial charge in [0.25, 0.3) is 0 Å². The minimum Gasteiger partial charge on any atom is -0.444 e. The Bertz CT molecular complexity index is 812. The fraction of sp³-hybridized carbons (Fsp3) is 0.852. The van der Waals surface area contributed by atoms with E-state index in [-0.39, 0.29) is 23.6 Å². The number of nitrogens with zero attached hydrogens (tertiary/aromatic N) is 2. The summed E-state index contributed by atoms with van der Waals surface area (Å²) in [4.78, 5) is 41.1. The number of alkyl carbamates (subject to hydrolysis) is 1. The van der Waals surface area contributed by atoms with Crippen molar-refractivity contribution in [3.63, 3.8) is 0 Å². The van der Waals surface area contributed by atoms with Crippen LogP contribution in [-0.4, -0.2) is 64.6 Å². The molecule has 3 fully saturated rings. The number of nitrogens with two attached hydrogens (primary N) is 1. The Hall–Kier alpha value is -2.52. The molecule has 37 heavy (non-hydrogen) atoms. The van der Waals surface area contributed by atoms with Gasteiger partial charge in [-0.25, -0.2) is 4.79 Å². The predicted octanol–water partition coefficient (Wildman–Crippen LogP) is 3.51. The predicted molar refractivity (Wildman–Crippen MR) is 141 cm³/mol. The van der Waals surface area contributed by atoms with Crippen LogP contribution in [0.3, 0.4) is 0 Å². The first kappa shape index (κ1) is 29.0. The Morgan fingerprint density at radius 1 is 1.00 bits per heavy atom. The molecule has 0 aromatic heterocycles. The second-order valence-corrected chi connectivity index (χ2v) is 12.1. The van der Waals surface area contributed by atoms with Crippen molar-refractivity contribution in [1.29, 1.82) is 0 Å². The molecule has 0 radical (unpaired) electrons. The summed E-state index contributed by atoms with van der Waals surface area (Å²) in [6.07, 6.45) is 10.5. The number of likely N-dealkylation sites (tertiary alicyclic amines) is 1. The minimum atomic E-state index is -0.694. The van der Waals surface area contributed by atoms with Gasteiger partial charge in [-0.3, -0.25) is 9.59 Å². The number of carbonyl (C=O) groups excluding carboxylic acids is 3. The number of hydrogen-bond donors (Lipinski definition) is 4. The summed E-state index contributed by atoms with van der Waals surface area (Å²) in [6.45, 7) is 6.47. The third-order valence-electron chi connectivity index (χ3n) is 8.07. The first-order valence-corrected chi connectivity index (χ1v) is 14.1. The van der Waals surface area contributed by atoms with Crippen LogP contribution in [0.2, 0.25) is 0 Å². The lowest BCUT2D eigenvalue weighted by Gasteiger charge is -2.32. The summed E-state index contributed by atoms with van der Waals surface area (Å²) in [5, 5.41) is 17.9. The quantitative estimate of drug-likeness (QED) is 0.166. The summed E-state index contributed by atoms with van der Waals surface area (Å²) >= 11 is 0. The monoisotopic (exact) mass is 521 g/mol. The number of amidine groups is 1. The molecule has 210 valence electrons. The topological polar surface area (TPSA) is 146 Å². The normalized spacial score (nSPS) is 26.4. The first-order valence-electron chi connectivity index (χ1n) is 14.1. The van der Waals surface area contributed by atoms with Crippen LogP contribution in [0, 0.1) is 17.8 Å². The van der Waals surface area contributed by atoms with Crippen LogP contribution in [0.4, 0.5) is 4.79 Å². The third-order valence-corrected chi connectivity index (χ3v) is 8.07. The second-order valence-electron chi connectivity index (χ2n) is 12.1. The second kappa shape index (κ2) is 13.3. The highest BCUT2D eigenvalue weighted by atomic mass is 16.6. The highest BCUT2D eigenvalue weighted by Crippen LogP contribution is 2.30. The Labute approximate surface area is 221 Å². The molecule has 0 bridgehead atoms. The number of amides is 3. The van der Waals surface area contributed by atoms with Crippen molar-refractivity contribution in [1.82, 2.24) is 15.5 Å².